The summed E-state index contributed by atoms with van der Waals surface area (Å²) >= 11 is 1.44. The lowest BCUT2D eigenvalue weighted by Crippen LogP contribution is -2.12. The van der Waals surface area contributed by atoms with Gasteiger partial charge in [0.05, 0.1) is 34.1 Å². The third-order valence-electron chi connectivity index (χ3n) is 5.70. The van der Waals surface area contributed by atoms with Crippen LogP contribution in [0.3, 0.4) is 0 Å². The van der Waals surface area contributed by atoms with Crippen molar-refractivity contribution in [1.29, 1.82) is 0 Å². The van der Waals surface area contributed by atoms with E-state index >= 15 is 0 Å². The Morgan fingerprint density at radius 1 is 1.20 bits per heavy atom. The highest BCUT2D eigenvalue weighted by atomic mass is 32.1. The molecule has 0 amide bonds. The van der Waals surface area contributed by atoms with Gasteiger partial charge in [0.1, 0.15) is 0 Å². The van der Waals surface area contributed by atoms with Crippen LogP contribution in [0.25, 0.3) is 11.3 Å². The third-order valence-corrected chi connectivity index (χ3v) is 7.16. The predicted molar refractivity (Wildman–Crippen MR) is 138 cm³/mol. The minimum Gasteiger partial charge on any atom is -0.396 e. The molecule has 8 nitrogen and oxygen atoms in total. The van der Waals surface area contributed by atoms with Crippen molar-refractivity contribution in [2.75, 3.05) is 11.9 Å². The van der Waals surface area contributed by atoms with Crippen LogP contribution in [0.4, 0.5) is 11.6 Å². The van der Waals surface area contributed by atoms with E-state index in [2.05, 4.69) is 46.1 Å². The molecule has 0 bridgehead atoms. The van der Waals surface area contributed by atoms with Crippen molar-refractivity contribution in [3.63, 3.8) is 0 Å². The number of aromatic nitrogens is 5. The van der Waals surface area contributed by atoms with Crippen molar-refractivity contribution < 1.29 is 9.90 Å². The maximum absolute atomic E-state index is 12.9. The molecule has 0 spiro atoms. The van der Waals surface area contributed by atoms with Crippen molar-refractivity contribution in [3.05, 3.63) is 70.1 Å². The molecule has 0 radical (unpaired) electrons. The monoisotopic (exact) mass is 490 g/mol. The molecular weight excluding hydrogens is 460 g/mol. The van der Waals surface area contributed by atoms with Crippen LogP contribution in [0.2, 0.25) is 0 Å². The number of thiazole rings is 1. The van der Waals surface area contributed by atoms with E-state index in [0.29, 0.717) is 10.8 Å². The van der Waals surface area contributed by atoms with E-state index in [-0.39, 0.29) is 30.1 Å². The molecule has 2 N–H and O–H groups in total. The van der Waals surface area contributed by atoms with Gasteiger partial charge in [-0.1, -0.05) is 32.9 Å². The number of ketones is 1. The summed E-state index contributed by atoms with van der Waals surface area (Å²) in [5, 5.41) is 18.3. The number of hydrogen-bond donors (Lipinski definition) is 2. The lowest BCUT2D eigenvalue weighted by Gasteiger charge is -2.17. The number of carbonyl (C=O) groups is 1. The minimum atomic E-state index is -0.287. The summed E-state index contributed by atoms with van der Waals surface area (Å²) in [6, 6.07) is 7.83. The molecule has 4 aromatic rings. The lowest BCUT2D eigenvalue weighted by molar-refractivity contribution is 0.0963. The van der Waals surface area contributed by atoms with E-state index in [0.717, 1.165) is 33.1 Å². The predicted octanol–water partition coefficient (Wildman–Crippen LogP) is 5.03. The number of aryl methyl sites for hydroxylation is 2. The minimum absolute atomic E-state index is 0.00226. The Morgan fingerprint density at radius 2 is 2.00 bits per heavy atom. The average molecular weight is 491 g/mol. The van der Waals surface area contributed by atoms with E-state index < -0.39 is 0 Å². The van der Waals surface area contributed by atoms with Gasteiger partial charge in [-0.25, -0.2) is 15.0 Å². The largest absolute Gasteiger partial charge is 0.396 e. The average Bonchev–Trinajstić information content (AvgIpc) is 3.47. The molecule has 0 aliphatic heterocycles. The number of aliphatic hydroxyl groups excluding tert-OH is 1. The first kappa shape index (κ1) is 24.7. The zero-order valence-electron chi connectivity index (χ0n) is 20.6. The molecule has 0 saturated heterocycles. The number of Topliss-reactive ketones (excluding diaryl/α,β-unsaturated/α-hetero) is 1. The van der Waals surface area contributed by atoms with Crippen molar-refractivity contribution in [2.45, 2.75) is 45.4 Å². The topological polar surface area (TPSA) is 106 Å². The van der Waals surface area contributed by atoms with Gasteiger partial charge in [0.25, 0.3) is 0 Å². The molecule has 9 heteroatoms. The number of aliphatic hydroxyl groups is 1. The van der Waals surface area contributed by atoms with Crippen LogP contribution >= 0.6 is 11.3 Å². The van der Waals surface area contributed by atoms with Crippen LogP contribution in [0.5, 0.6) is 0 Å². The maximum Gasteiger partial charge on any atom is 0.227 e. The Morgan fingerprint density at radius 3 is 2.63 bits per heavy atom. The van der Waals surface area contributed by atoms with Crippen molar-refractivity contribution in [3.8, 4) is 11.3 Å². The Balaban J connectivity index is 1.51. The van der Waals surface area contributed by atoms with Gasteiger partial charge in [0.2, 0.25) is 5.95 Å². The number of hydrogen-bond acceptors (Lipinski definition) is 8. The van der Waals surface area contributed by atoms with E-state index in [1.807, 2.05) is 44.4 Å². The van der Waals surface area contributed by atoms with Gasteiger partial charge < -0.3 is 10.4 Å². The molecule has 3 heterocycles. The number of benzene rings is 1. The quantitative estimate of drug-likeness (QED) is 0.334. The van der Waals surface area contributed by atoms with E-state index in [1.165, 1.54) is 11.3 Å². The van der Waals surface area contributed by atoms with Gasteiger partial charge in [0.15, 0.2) is 5.78 Å². The standard InChI is InChI=1S/C26H30N6O2S/c1-16-10-17(21-8-9-27-25(31-21)30-19-12-29-32(5)14-19)6-7-20(16)18(15-33)11-22(34)23-13-28-24(35-23)26(2,3)4/h6-10,12-14,18,33H,11,15H2,1-5H3,(H,27,30,31). The van der Waals surface area contributed by atoms with Crippen molar-refractivity contribution in [1.82, 2.24) is 24.7 Å². The Kier molecular flexibility index (Phi) is 7.09. The second kappa shape index (κ2) is 10.1. The third kappa shape index (κ3) is 5.80. The zero-order valence-corrected chi connectivity index (χ0v) is 21.4. The molecule has 1 atom stereocenters. The van der Waals surface area contributed by atoms with Gasteiger partial charge >= 0.3 is 0 Å². The number of nitrogens with zero attached hydrogens (tertiary/aromatic N) is 5. The lowest BCUT2D eigenvalue weighted by atomic mass is 9.89. The Hall–Kier alpha value is -3.43. The van der Waals surface area contributed by atoms with E-state index in [1.54, 1.807) is 23.3 Å². The van der Waals surface area contributed by atoms with Crippen LogP contribution in [0.1, 0.15) is 58.9 Å². The van der Waals surface area contributed by atoms with Crippen molar-refractivity contribution >= 4 is 28.8 Å². The van der Waals surface area contributed by atoms with E-state index in [4.69, 9.17) is 0 Å². The summed E-state index contributed by atoms with van der Waals surface area (Å²) in [4.78, 5) is 26.9. The van der Waals surface area contributed by atoms with Crippen LogP contribution in [-0.4, -0.2) is 42.2 Å². The SMILES string of the molecule is Cc1cc(-c2ccnc(Nc3cnn(C)c3)n2)ccc1C(CO)CC(=O)c1cnc(C(C)(C)C)s1. The summed E-state index contributed by atoms with van der Waals surface area (Å²) in [6.07, 6.45) is 7.16. The highest BCUT2D eigenvalue weighted by Gasteiger charge is 2.23. The van der Waals surface area contributed by atoms with Crippen LogP contribution in [-0.2, 0) is 12.5 Å². The highest BCUT2D eigenvalue weighted by Crippen LogP contribution is 2.31. The summed E-state index contributed by atoms with van der Waals surface area (Å²) in [7, 11) is 1.85. The van der Waals surface area contributed by atoms with Crippen LogP contribution < -0.4 is 5.32 Å². The Bertz CT molecular complexity index is 1340. The fourth-order valence-electron chi connectivity index (χ4n) is 3.83. The molecule has 3 aromatic heterocycles. The second-order valence-corrected chi connectivity index (χ2v) is 10.7. The molecule has 0 aliphatic carbocycles. The first-order chi connectivity index (χ1) is 16.6. The van der Waals surface area contributed by atoms with Gasteiger partial charge in [-0.05, 0) is 30.2 Å². The van der Waals surface area contributed by atoms with Gasteiger partial charge in [-0.2, -0.15) is 5.10 Å². The number of carbonyl (C=O) groups excluding carboxylic acids is 1. The molecule has 1 unspecified atom stereocenters. The summed E-state index contributed by atoms with van der Waals surface area (Å²) in [5.41, 5.74) is 4.37. The molecule has 0 saturated carbocycles. The van der Waals surface area contributed by atoms with E-state index in [9.17, 15) is 9.90 Å². The molecule has 1 aromatic carbocycles. The zero-order chi connectivity index (χ0) is 25.2. The Labute approximate surface area is 209 Å². The molecule has 0 fully saturated rings. The first-order valence-electron chi connectivity index (χ1n) is 11.4. The molecule has 182 valence electrons. The van der Waals surface area contributed by atoms with Gasteiger partial charge in [-0.15, -0.1) is 11.3 Å². The van der Waals surface area contributed by atoms with Gasteiger partial charge in [-0.3, -0.25) is 9.48 Å². The van der Waals surface area contributed by atoms with Crippen molar-refractivity contribution in [2.24, 2.45) is 7.05 Å². The summed E-state index contributed by atoms with van der Waals surface area (Å²) in [6.45, 7) is 8.13. The number of rotatable bonds is 8. The summed E-state index contributed by atoms with van der Waals surface area (Å²) in [5.74, 6) is 0.197. The van der Waals surface area contributed by atoms with Crippen LogP contribution in [0, 0.1) is 6.92 Å². The molecule has 4 rings (SSSR count). The number of nitrogens with one attached hydrogen (secondary N) is 1. The maximum atomic E-state index is 12.9. The summed E-state index contributed by atoms with van der Waals surface area (Å²) < 4.78 is 1.70. The second-order valence-electron chi connectivity index (χ2n) is 9.65. The normalized spacial score (nSPS) is 12.5. The number of anilines is 2. The highest BCUT2D eigenvalue weighted by molar-refractivity contribution is 7.13. The van der Waals surface area contributed by atoms with Crippen LogP contribution in [0.15, 0.2) is 49.1 Å². The molecule has 0 aliphatic rings. The molecule has 35 heavy (non-hydrogen) atoms. The van der Waals surface area contributed by atoms with Gasteiger partial charge in [0, 0.05) is 49.0 Å². The fourth-order valence-corrected chi connectivity index (χ4v) is 4.76. The first-order valence-corrected chi connectivity index (χ1v) is 12.3. The fraction of sp³-hybridized carbons (Fsp3) is 0.346. The molecular formula is C26H30N6O2S. The smallest absolute Gasteiger partial charge is 0.227 e.